The number of benzene rings is 1. The van der Waals surface area contributed by atoms with Gasteiger partial charge in [0.05, 0.1) is 10.6 Å². The monoisotopic (exact) mass is 241 g/mol. The Morgan fingerprint density at radius 1 is 1.38 bits per heavy atom. The number of hydrogen-bond donors (Lipinski definition) is 1. The molecule has 0 fully saturated rings. The van der Waals surface area contributed by atoms with Crippen LogP contribution in [0, 0.1) is 0 Å². The Morgan fingerprint density at radius 3 is 2.62 bits per heavy atom. The lowest BCUT2D eigenvalue weighted by Gasteiger charge is -2.31. The van der Waals surface area contributed by atoms with Crippen molar-refractivity contribution in [1.29, 1.82) is 0 Å². The van der Waals surface area contributed by atoms with Crippen molar-refractivity contribution in [3.63, 3.8) is 0 Å². The summed E-state index contributed by atoms with van der Waals surface area (Å²) in [6.07, 6.45) is -1.04. The highest BCUT2D eigenvalue weighted by Crippen LogP contribution is 2.31. The van der Waals surface area contributed by atoms with Gasteiger partial charge in [0.1, 0.15) is 12.0 Å². The van der Waals surface area contributed by atoms with Gasteiger partial charge in [0.15, 0.2) is 9.84 Å². The zero-order valence-electron chi connectivity index (χ0n) is 8.62. The molecule has 86 valence electrons. The maximum atomic E-state index is 11.7. The maximum Gasteiger partial charge on any atom is 0.244 e. The molecule has 6 heteroatoms. The minimum Gasteiger partial charge on any atom is -0.373 e. The smallest absolute Gasteiger partial charge is 0.244 e. The van der Waals surface area contributed by atoms with Crippen molar-refractivity contribution < 1.29 is 18.3 Å². The molecule has 0 bridgehead atoms. The van der Waals surface area contributed by atoms with Crippen LogP contribution in [-0.2, 0) is 14.6 Å². The van der Waals surface area contributed by atoms with E-state index in [4.69, 9.17) is 0 Å². The molecule has 2 rings (SSSR count). The summed E-state index contributed by atoms with van der Waals surface area (Å²) in [6.45, 7) is 1.42. The van der Waals surface area contributed by atoms with Gasteiger partial charge in [-0.15, -0.1) is 0 Å². The molecule has 1 heterocycles. The van der Waals surface area contributed by atoms with Crippen molar-refractivity contribution in [1.82, 2.24) is 0 Å². The highest BCUT2D eigenvalue weighted by atomic mass is 32.2. The molecule has 0 aliphatic carbocycles. The summed E-state index contributed by atoms with van der Waals surface area (Å²) in [5, 5.41) is 9.47. The second-order valence-electron chi connectivity index (χ2n) is 3.62. The van der Waals surface area contributed by atoms with Crippen LogP contribution in [0.5, 0.6) is 0 Å². The van der Waals surface area contributed by atoms with Gasteiger partial charge in [-0.3, -0.25) is 9.69 Å². The Hall–Kier alpha value is -1.40. The Morgan fingerprint density at radius 2 is 2.00 bits per heavy atom. The predicted molar refractivity (Wildman–Crippen MR) is 57.7 cm³/mol. The van der Waals surface area contributed by atoms with Gasteiger partial charge >= 0.3 is 0 Å². The van der Waals surface area contributed by atoms with Crippen LogP contribution in [0.15, 0.2) is 29.2 Å². The van der Waals surface area contributed by atoms with Gasteiger partial charge in [-0.25, -0.2) is 8.42 Å². The summed E-state index contributed by atoms with van der Waals surface area (Å²) in [6, 6.07) is 6.16. The lowest BCUT2D eigenvalue weighted by molar-refractivity contribution is -0.118. The number of nitrogens with zero attached hydrogens (tertiary/aromatic N) is 1. The van der Waals surface area contributed by atoms with Crippen LogP contribution in [-0.4, -0.2) is 31.4 Å². The van der Waals surface area contributed by atoms with Crippen LogP contribution in [0.2, 0.25) is 0 Å². The molecule has 1 unspecified atom stereocenters. The van der Waals surface area contributed by atoms with E-state index in [0.717, 1.165) is 4.90 Å². The molecule has 1 amide bonds. The average Bonchev–Trinajstić information content (AvgIpc) is 2.15. The van der Waals surface area contributed by atoms with E-state index in [1.165, 1.54) is 19.1 Å². The Kier molecular flexibility index (Phi) is 2.47. The first-order chi connectivity index (χ1) is 7.43. The van der Waals surface area contributed by atoms with E-state index in [1.807, 2.05) is 0 Å². The molecule has 1 aliphatic rings. The van der Waals surface area contributed by atoms with Crippen LogP contribution >= 0.6 is 0 Å². The molecular formula is C10H11NO4S. The lowest BCUT2D eigenvalue weighted by Crippen LogP contribution is -2.45. The topological polar surface area (TPSA) is 74.7 Å². The summed E-state index contributed by atoms with van der Waals surface area (Å²) in [5.41, 5.74) is 0.244. The van der Waals surface area contributed by atoms with Gasteiger partial charge in [-0.1, -0.05) is 12.1 Å². The molecule has 0 aromatic heterocycles. The lowest BCUT2D eigenvalue weighted by atomic mass is 10.2. The average molecular weight is 241 g/mol. The normalized spacial score (nSPS) is 20.4. The highest BCUT2D eigenvalue weighted by Gasteiger charge is 2.35. The first kappa shape index (κ1) is 11.1. The minimum atomic E-state index is -3.56. The number of amides is 1. The van der Waals surface area contributed by atoms with Crippen LogP contribution in [0.1, 0.15) is 6.92 Å². The SMILES string of the molecule is CC(O)N1C(=O)CS(=O)(=O)c2ccccc21. The fraction of sp³-hybridized carbons (Fsp3) is 0.300. The Bertz CT molecular complexity index is 536. The molecular weight excluding hydrogens is 230 g/mol. The molecule has 1 N–H and O–H groups in total. The number of aliphatic hydroxyl groups is 1. The number of carbonyl (C=O) groups is 1. The zero-order valence-corrected chi connectivity index (χ0v) is 9.44. The summed E-state index contributed by atoms with van der Waals surface area (Å²) in [7, 11) is -3.56. The first-order valence-corrected chi connectivity index (χ1v) is 6.40. The molecule has 0 saturated heterocycles. The number of aliphatic hydroxyl groups excluding tert-OH is 1. The Labute approximate surface area is 93.2 Å². The van der Waals surface area contributed by atoms with Crippen molar-refractivity contribution in [2.24, 2.45) is 0 Å². The number of para-hydroxylation sites is 1. The molecule has 0 saturated carbocycles. The van der Waals surface area contributed by atoms with Crippen molar-refractivity contribution in [2.75, 3.05) is 10.7 Å². The first-order valence-electron chi connectivity index (χ1n) is 4.75. The van der Waals surface area contributed by atoms with Gasteiger partial charge in [0.2, 0.25) is 5.91 Å². The number of sulfone groups is 1. The second-order valence-corrected chi connectivity index (χ2v) is 5.58. The van der Waals surface area contributed by atoms with Gasteiger partial charge in [0, 0.05) is 0 Å². The molecule has 0 radical (unpaired) electrons. The van der Waals surface area contributed by atoms with Crippen molar-refractivity contribution >= 4 is 21.4 Å². The summed E-state index contributed by atoms with van der Waals surface area (Å²) in [5.74, 6) is -1.19. The van der Waals surface area contributed by atoms with Crippen molar-refractivity contribution in [3.8, 4) is 0 Å². The fourth-order valence-corrected chi connectivity index (χ4v) is 3.16. The third-order valence-corrected chi connectivity index (χ3v) is 4.06. The number of carbonyl (C=O) groups excluding carboxylic acids is 1. The maximum absolute atomic E-state index is 11.7. The van der Waals surface area contributed by atoms with E-state index in [0.29, 0.717) is 0 Å². The van der Waals surface area contributed by atoms with E-state index < -0.39 is 27.7 Å². The molecule has 1 aromatic carbocycles. The number of anilines is 1. The van der Waals surface area contributed by atoms with Crippen LogP contribution in [0.25, 0.3) is 0 Å². The molecule has 5 nitrogen and oxygen atoms in total. The molecule has 1 atom stereocenters. The molecule has 1 aromatic rings. The largest absolute Gasteiger partial charge is 0.373 e. The van der Waals surface area contributed by atoms with Gasteiger partial charge in [-0.05, 0) is 19.1 Å². The van der Waals surface area contributed by atoms with Crippen molar-refractivity contribution in [2.45, 2.75) is 18.0 Å². The summed E-state index contributed by atoms with van der Waals surface area (Å²) < 4.78 is 23.4. The molecule has 1 aliphatic heterocycles. The Balaban J connectivity index is 2.69. The second kappa shape index (κ2) is 3.57. The predicted octanol–water partition coefficient (Wildman–Crippen LogP) is 0.145. The quantitative estimate of drug-likeness (QED) is 0.759. The standard InChI is InChI=1S/C10H11NO4S/c1-7(12)11-8-4-2-3-5-9(8)16(14,15)6-10(11)13/h2-5,7,12H,6H2,1H3. The minimum absolute atomic E-state index is 0.0931. The van der Waals surface area contributed by atoms with E-state index in [-0.39, 0.29) is 10.6 Å². The van der Waals surface area contributed by atoms with Crippen molar-refractivity contribution in [3.05, 3.63) is 24.3 Å². The number of hydrogen-bond acceptors (Lipinski definition) is 4. The summed E-state index contributed by atoms with van der Waals surface area (Å²) in [4.78, 5) is 12.8. The fourth-order valence-electron chi connectivity index (χ4n) is 1.77. The van der Waals surface area contributed by atoms with E-state index >= 15 is 0 Å². The van der Waals surface area contributed by atoms with Gasteiger partial charge in [-0.2, -0.15) is 0 Å². The third kappa shape index (κ3) is 1.60. The number of fused-ring (bicyclic) bond motifs is 1. The third-order valence-electron chi connectivity index (χ3n) is 2.42. The van der Waals surface area contributed by atoms with Crippen LogP contribution in [0.4, 0.5) is 5.69 Å². The summed E-state index contributed by atoms with van der Waals surface area (Å²) >= 11 is 0. The van der Waals surface area contributed by atoms with Gasteiger partial charge in [0.25, 0.3) is 0 Å². The molecule has 16 heavy (non-hydrogen) atoms. The van der Waals surface area contributed by atoms with E-state index in [2.05, 4.69) is 0 Å². The molecule has 0 spiro atoms. The number of rotatable bonds is 1. The zero-order chi connectivity index (χ0) is 11.9. The highest BCUT2D eigenvalue weighted by molar-refractivity contribution is 7.92. The van der Waals surface area contributed by atoms with Crippen LogP contribution in [0.3, 0.4) is 0 Å². The van der Waals surface area contributed by atoms with Crippen LogP contribution < -0.4 is 4.90 Å². The van der Waals surface area contributed by atoms with E-state index in [9.17, 15) is 18.3 Å². The van der Waals surface area contributed by atoms with Gasteiger partial charge < -0.3 is 5.11 Å². The van der Waals surface area contributed by atoms with E-state index in [1.54, 1.807) is 12.1 Å².